The molecule has 1 atom stereocenters. The van der Waals surface area contributed by atoms with E-state index >= 15 is 0 Å². The van der Waals surface area contributed by atoms with Gasteiger partial charge >= 0.3 is 5.97 Å². The summed E-state index contributed by atoms with van der Waals surface area (Å²) < 4.78 is 13.0. The van der Waals surface area contributed by atoms with Gasteiger partial charge in [-0.1, -0.05) is 0 Å². The topological polar surface area (TPSA) is 104 Å². The van der Waals surface area contributed by atoms with Crippen LogP contribution in [0.5, 0.6) is 5.75 Å². The van der Waals surface area contributed by atoms with E-state index in [4.69, 9.17) is 15.9 Å². The Balaban J connectivity index is 3.34. The summed E-state index contributed by atoms with van der Waals surface area (Å²) in [6.45, 7) is -0.518. The third kappa shape index (κ3) is 2.23. The number of hydrogen-bond acceptors (Lipinski definition) is 4. The number of aromatic carboxylic acids is 1. The van der Waals surface area contributed by atoms with Gasteiger partial charge in [-0.3, -0.25) is 0 Å². The maximum atomic E-state index is 13.0. The lowest BCUT2D eigenvalue weighted by atomic mass is 10.0. The summed E-state index contributed by atoms with van der Waals surface area (Å²) in [5.74, 6) is -2.91. The fourth-order valence-corrected chi connectivity index (χ4v) is 1.16. The molecule has 5 nitrogen and oxygen atoms in total. The molecule has 0 aliphatic carbocycles. The van der Waals surface area contributed by atoms with Crippen LogP contribution in [0.3, 0.4) is 0 Å². The Morgan fingerprint density at radius 1 is 1.53 bits per heavy atom. The van der Waals surface area contributed by atoms with Gasteiger partial charge < -0.3 is 21.1 Å². The Bertz CT molecular complexity index is 394. The summed E-state index contributed by atoms with van der Waals surface area (Å²) >= 11 is 0. The highest BCUT2D eigenvalue weighted by atomic mass is 19.1. The number of carbonyl (C=O) groups is 1. The molecule has 0 spiro atoms. The van der Waals surface area contributed by atoms with Crippen LogP contribution in [0.25, 0.3) is 0 Å². The van der Waals surface area contributed by atoms with E-state index in [1.165, 1.54) is 0 Å². The standard InChI is InChI=1S/C9H10FNO4/c10-4-1-5(7(11)3-12)8(13)6(2-4)9(14)15/h1-2,7,12-13H,3,11H2,(H,14,15)/t7-/m1/s1. The Hall–Kier alpha value is -1.66. The average Bonchev–Trinajstić information content (AvgIpc) is 2.19. The summed E-state index contributed by atoms with van der Waals surface area (Å²) in [4.78, 5) is 10.6. The molecule has 0 aliphatic heterocycles. The van der Waals surface area contributed by atoms with Gasteiger partial charge in [0.2, 0.25) is 0 Å². The van der Waals surface area contributed by atoms with Crippen molar-refractivity contribution in [2.75, 3.05) is 6.61 Å². The highest BCUT2D eigenvalue weighted by Gasteiger charge is 2.19. The zero-order valence-corrected chi connectivity index (χ0v) is 7.64. The van der Waals surface area contributed by atoms with E-state index in [-0.39, 0.29) is 5.56 Å². The number of nitrogens with two attached hydrogens (primary N) is 1. The Labute approximate surface area is 84.6 Å². The lowest BCUT2D eigenvalue weighted by Crippen LogP contribution is -2.16. The lowest BCUT2D eigenvalue weighted by Gasteiger charge is -2.12. The Morgan fingerprint density at radius 3 is 2.60 bits per heavy atom. The van der Waals surface area contributed by atoms with E-state index < -0.39 is 35.7 Å². The Morgan fingerprint density at radius 2 is 2.13 bits per heavy atom. The minimum Gasteiger partial charge on any atom is -0.507 e. The van der Waals surface area contributed by atoms with E-state index in [2.05, 4.69) is 0 Å². The maximum Gasteiger partial charge on any atom is 0.339 e. The van der Waals surface area contributed by atoms with Crippen molar-refractivity contribution in [3.05, 3.63) is 29.1 Å². The van der Waals surface area contributed by atoms with E-state index in [0.29, 0.717) is 6.07 Å². The predicted molar refractivity (Wildman–Crippen MR) is 49.0 cm³/mol. The van der Waals surface area contributed by atoms with Gasteiger partial charge in [-0.2, -0.15) is 0 Å². The number of aliphatic hydroxyl groups excluding tert-OH is 1. The first-order valence-corrected chi connectivity index (χ1v) is 4.09. The zero-order chi connectivity index (χ0) is 11.6. The van der Waals surface area contributed by atoms with Gasteiger partial charge in [-0.25, -0.2) is 9.18 Å². The molecule has 0 heterocycles. The minimum absolute atomic E-state index is 0.130. The van der Waals surface area contributed by atoms with Gasteiger partial charge in [0.15, 0.2) is 0 Å². The largest absolute Gasteiger partial charge is 0.507 e. The van der Waals surface area contributed by atoms with Gasteiger partial charge in [-0.15, -0.1) is 0 Å². The van der Waals surface area contributed by atoms with Crippen molar-refractivity contribution in [1.29, 1.82) is 0 Å². The van der Waals surface area contributed by atoms with Crippen LogP contribution in [0.4, 0.5) is 4.39 Å². The van der Waals surface area contributed by atoms with Crippen molar-refractivity contribution in [2.45, 2.75) is 6.04 Å². The number of aliphatic hydroxyl groups is 1. The molecule has 0 radical (unpaired) electrons. The second kappa shape index (κ2) is 4.24. The maximum absolute atomic E-state index is 13.0. The molecule has 15 heavy (non-hydrogen) atoms. The third-order valence-electron chi connectivity index (χ3n) is 1.93. The highest BCUT2D eigenvalue weighted by Crippen LogP contribution is 2.28. The number of benzene rings is 1. The molecule has 0 amide bonds. The van der Waals surface area contributed by atoms with Crippen molar-refractivity contribution in [3.8, 4) is 5.75 Å². The normalized spacial score (nSPS) is 12.5. The molecule has 5 N–H and O–H groups in total. The minimum atomic E-state index is -1.46. The second-order valence-corrected chi connectivity index (χ2v) is 2.99. The van der Waals surface area contributed by atoms with Gasteiger partial charge in [0.1, 0.15) is 17.1 Å². The average molecular weight is 215 g/mol. The molecule has 1 aromatic rings. The third-order valence-corrected chi connectivity index (χ3v) is 1.93. The van der Waals surface area contributed by atoms with Crippen LogP contribution in [0.15, 0.2) is 12.1 Å². The molecule has 0 bridgehead atoms. The fraction of sp³-hybridized carbons (Fsp3) is 0.222. The van der Waals surface area contributed by atoms with Crippen LogP contribution in [0.2, 0.25) is 0 Å². The van der Waals surface area contributed by atoms with E-state index in [1.54, 1.807) is 0 Å². The van der Waals surface area contributed by atoms with Crippen LogP contribution in [0.1, 0.15) is 22.0 Å². The second-order valence-electron chi connectivity index (χ2n) is 2.99. The molecule has 0 saturated carbocycles. The molecule has 1 rings (SSSR count). The molecular weight excluding hydrogens is 205 g/mol. The van der Waals surface area contributed by atoms with Crippen molar-refractivity contribution in [1.82, 2.24) is 0 Å². The number of halogens is 1. The first kappa shape index (κ1) is 11.4. The van der Waals surface area contributed by atoms with Crippen molar-refractivity contribution < 1.29 is 24.5 Å². The number of carboxylic acid groups (broad SMARTS) is 1. The quantitative estimate of drug-likeness (QED) is 0.577. The number of phenols is 1. The number of hydrogen-bond donors (Lipinski definition) is 4. The van der Waals surface area contributed by atoms with Gasteiger partial charge in [0, 0.05) is 5.56 Å². The number of aromatic hydroxyl groups is 1. The first-order valence-electron chi connectivity index (χ1n) is 4.09. The summed E-state index contributed by atoms with van der Waals surface area (Å²) in [5, 5.41) is 26.8. The lowest BCUT2D eigenvalue weighted by molar-refractivity contribution is 0.0692. The summed E-state index contributed by atoms with van der Waals surface area (Å²) in [6, 6.07) is 0.562. The van der Waals surface area contributed by atoms with E-state index in [0.717, 1.165) is 6.07 Å². The van der Waals surface area contributed by atoms with Crippen LogP contribution in [0, 0.1) is 5.82 Å². The molecule has 1 aromatic carbocycles. The highest BCUT2D eigenvalue weighted by molar-refractivity contribution is 5.91. The Kier molecular flexibility index (Phi) is 3.23. The predicted octanol–water partition coefficient (Wildman–Crippen LogP) is 0.222. The molecule has 0 aromatic heterocycles. The smallest absolute Gasteiger partial charge is 0.339 e. The van der Waals surface area contributed by atoms with E-state index in [1.807, 2.05) is 0 Å². The SMILES string of the molecule is N[C@H](CO)c1cc(F)cc(C(=O)O)c1O. The molecule has 0 fully saturated rings. The molecule has 82 valence electrons. The monoisotopic (exact) mass is 215 g/mol. The summed E-state index contributed by atoms with van der Waals surface area (Å²) in [7, 11) is 0. The van der Waals surface area contributed by atoms with Gasteiger partial charge in [0.05, 0.1) is 12.6 Å². The number of rotatable bonds is 3. The van der Waals surface area contributed by atoms with Crippen LogP contribution >= 0.6 is 0 Å². The molecule has 0 saturated heterocycles. The van der Waals surface area contributed by atoms with E-state index in [9.17, 15) is 14.3 Å². The molecule has 0 aliphatic rings. The molecule has 6 heteroatoms. The molecular formula is C9H10FNO4. The van der Waals surface area contributed by atoms with Crippen molar-refractivity contribution in [3.63, 3.8) is 0 Å². The van der Waals surface area contributed by atoms with Crippen molar-refractivity contribution in [2.24, 2.45) is 5.73 Å². The van der Waals surface area contributed by atoms with Gasteiger partial charge in [0.25, 0.3) is 0 Å². The van der Waals surface area contributed by atoms with Crippen LogP contribution in [-0.4, -0.2) is 27.9 Å². The summed E-state index contributed by atoms with van der Waals surface area (Å²) in [5.41, 5.74) is 4.66. The zero-order valence-electron chi connectivity index (χ0n) is 7.64. The first-order chi connectivity index (χ1) is 6.97. The fourth-order valence-electron chi connectivity index (χ4n) is 1.16. The van der Waals surface area contributed by atoms with Gasteiger partial charge in [-0.05, 0) is 12.1 Å². The van der Waals surface area contributed by atoms with Crippen LogP contribution < -0.4 is 5.73 Å². The number of carboxylic acids is 1. The molecule has 0 unspecified atom stereocenters. The van der Waals surface area contributed by atoms with Crippen LogP contribution in [-0.2, 0) is 0 Å². The van der Waals surface area contributed by atoms with Crippen molar-refractivity contribution >= 4 is 5.97 Å². The summed E-state index contributed by atoms with van der Waals surface area (Å²) in [6.07, 6.45) is 0.